The summed E-state index contributed by atoms with van der Waals surface area (Å²) in [7, 11) is 0. The van der Waals surface area contributed by atoms with E-state index in [1.54, 1.807) is 29.7 Å². The molecule has 0 saturated carbocycles. The molecule has 4 heteroatoms. The Labute approximate surface area is 157 Å². The van der Waals surface area contributed by atoms with Crippen LogP contribution in [-0.2, 0) is 0 Å². The van der Waals surface area contributed by atoms with Gasteiger partial charge in [0.1, 0.15) is 11.6 Å². The molecule has 0 unspecified atom stereocenters. The number of thiophene rings is 1. The number of benzene rings is 2. The van der Waals surface area contributed by atoms with Crippen molar-refractivity contribution in [3.05, 3.63) is 76.0 Å². The lowest BCUT2D eigenvalue weighted by Gasteiger charge is -2.15. The van der Waals surface area contributed by atoms with Gasteiger partial charge < -0.3 is 10.4 Å². The van der Waals surface area contributed by atoms with E-state index in [4.69, 9.17) is 0 Å². The number of phenolic OH excluding ortho intramolecular Hbond substituents is 1. The van der Waals surface area contributed by atoms with Gasteiger partial charge in [0, 0.05) is 26.9 Å². The predicted molar refractivity (Wildman–Crippen MR) is 112 cm³/mol. The van der Waals surface area contributed by atoms with E-state index in [1.807, 2.05) is 37.3 Å². The smallest absolute Gasteiger partial charge is 0.134 e. The van der Waals surface area contributed by atoms with Gasteiger partial charge in [-0.3, -0.25) is 0 Å². The van der Waals surface area contributed by atoms with Gasteiger partial charge in [-0.05, 0) is 55.3 Å². The molecule has 0 spiro atoms. The van der Waals surface area contributed by atoms with E-state index >= 15 is 0 Å². The second-order valence-electron chi connectivity index (χ2n) is 6.01. The second-order valence-corrected chi connectivity index (χ2v) is 7.14. The molecule has 0 aliphatic carbocycles. The quantitative estimate of drug-likeness (QED) is 0.673. The minimum atomic E-state index is 0.131. The van der Waals surface area contributed by atoms with Gasteiger partial charge in [0.25, 0.3) is 0 Å². The van der Waals surface area contributed by atoms with Crippen molar-refractivity contribution < 1.29 is 5.11 Å². The number of phenols is 1. The van der Waals surface area contributed by atoms with Crippen LogP contribution in [0.15, 0.2) is 65.7 Å². The average molecular weight is 362 g/mol. The highest BCUT2D eigenvalue weighted by atomic mass is 32.1. The van der Waals surface area contributed by atoms with Crippen LogP contribution in [0.5, 0.6) is 5.75 Å². The minimum Gasteiger partial charge on any atom is -0.508 e. The Kier molecular flexibility index (Phi) is 5.54. The molecule has 0 saturated heterocycles. The van der Waals surface area contributed by atoms with Crippen LogP contribution in [0.3, 0.4) is 0 Å². The van der Waals surface area contributed by atoms with Gasteiger partial charge in [0.2, 0.25) is 0 Å². The summed E-state index contributed by atoms with van der Waals surface area (Å²) in [6.45, 7) is 8.23. The molecule has 0 radical (unpaired) electrons. The van der Waals surface area contributed by atoms with Crippen LogP contribution in [0.25, 0.3) is 22.8 Å². The summed E-state index contributed by atoms with van der Waals surface area (Å²) in [5.41, 5.74) is 2.26. The van der Waals surface area contributed by atoms with Crippen molar-refractivity contribution in [3.63, 3.8) is 0 Å². The number of aromatic hydroxyl groups is 1. The highest BCUT2D eigenvalue weighted by molar-refractivity contribution is 7.13. The van der Waals surface area contributed by atoms with Crippen LogP contribution in [0.2, 0.25) is 0 Å². The van der Waals surface area contributed by atoms with Crippen molar-refractivity contribution in [1.29, 1.82) is 0 Å². The topological polar surface area (TPSA) is 44.6 Å². The van der Waals surface area contributed by atoms with Crippen molar-refractivity contribution in [2.45, 2.75) is 19.9 Å². The average Bonchev–Trinajstić information content (AvgIpc) is 3.04. The van der Waals surface area contributed by atoms with Crippen LogP contribution < -0.4 is 15.1 Å². The van der Waals surface area contributed by atoms with Crippen molar-refractivity contribution in [1.82, 2.24) is 5.32 Å². The van der Waals surface area contributed by atoms with Crippen LogP contribution >= 0.6 is 11.3 Å². The SMILES string of the molecule is C=c1sc(-c2ccc(O)cc2)c/c1=C(/N=C\C)N[C@H](C)c1ccccc1. The summed E-state index contributed by atoms with van der Waals surface area (Å²) >= 11 is 1.62. The van der Waals surface area contributed by atoms with E-state index in [0.29, 0.717) is 0 Å². The first kappa shape index (κ1) is 18.0. The summed E-state index contributed by atoms with van der Waals surface area (Å²) in [5.74, 6) is 1.08. The molecule has 1 heterocycles. The molecule has 3 rings (SSSR count). The molecule has 3 nitrogen and oxygen atoms in total. The first-order valence-corrected chi connectivity index (χ1v) is 9.33. The van der Waals surface area contributed by atoms with Crippen LogP contribution in [0, 0.1) is 0 Å². The zero-order chi connectivity index (χ0) is 18.5. The van der Waals surface area contributed by atoms with Crippen molar-refractivity contribution in [3.8, 4) is 16.2 Å². The molecule has 2 N–H and O–H groups in total. The van der Waals surface area contributed by atoms with Crippen LogP contribution in [0.1, 0.15) is 25.5 Å². The molecular weight excluding hydrogens is 340 g/mol. The Bertz CT molecular complexity index is 1000. The third-order valence-electron chi connectivity index (χ3n) is 4.13. The van der Waals surface area contributed by atoms with E-state index in [2.05, 4.69) is 42.0 Å². The second kappa shape index (κ2) is 8.02. The predicted octanol–water partition coefficient (Wildman–Crippen LogP) is 4.04. The van der Waals surface area contributed by atoms with Crippen molar-refractivity contribution in [2.75, 3.05) is 0 Å². The number of hydrogen-bond donors (Lipinski definition) is 2. The minimum absolute atomic E-state index is 0.131. The Morgan fingerprint density at radius 3 is 2.50 bits per heavy atom. The number of aliphatic imine (C=N–C) groups is 1. The van der Waals surface area contributed by atoms with Crippen LogP contribution in [-0.4, -0.2) is 11.3 Å². The Balaban J connectivity index is 2.02. The first-order valence-electron chi connectivity index (χ1n) is 8.51. The molecule has 2 aromatic carbocycles. The largest absolute Gasteiger partial charge is 0.508 e. The lowest BCUT2D eigenvalue weighted by molar-refractivity contribution is 0.475. The van der Waals surface area contributed by atoms with Crippen molar-refractivity contribution >= 4 is 30.0 Å². The lowest BCUT2D eigenvalue weighted by atomic mass is 10.1. The lowest BCUT2D eigenvalue weighted by Crippen LogP contribution is -2.28. The number of rotatable bonds is 5. The third kappa shape index (κ3) is 4.03. The van der Waals surface area contributed by atoms with E-state index in [9.17, 15) is 5.11 Å². The zero-order valence-electron chi connectivity index (χ0n) is 14.9. The van der Waals surface area contributed by atoms with E-state index in [0.717, 1.165) is 26.0 Å². The maximum Gasteiger partial charge on any atom is 0.134 e. The molecule has 0 fully saturated rings. The fraction of sp³-hybridized carbons (Fsp3) is 0.136. The molecule has 3 aromatic rings. The maximum atomic E-state index is 9.49. The summed E-state index contributed by atoms with van der Waals surface area (Å²) in [6, 6.07) is 19.7. The number of hydrogen-bond acceptors (Lipinski definition) is 4. The molecule has 0 bridgehead atoms. The van der Waals surface area contributed by atoms with E-state index in [1.165, 1.54) is 5.56 Å². The molecular formula is C22H22N2OS. The van der Waals surface area contributed by atoms with Crippen molar-refractivity contribution in [2.24, 2.45) is 4.99 Å². The van der Waals surface area contributed by atoms with Gasteiger partial charge in [-0.1, -0.05) is 36.9 Å². The number of nitrogens with one attached hydrogen (secondary N) is 1. The monoisotopic (exact) mass is 362 g/mol. The highest BCUT2D eigenvalue weighted by Gasteiger charge is 2.09. The molecule has 26 heavy (non-hydrogen) atoms. The van der Waals surface area contributed by atoms with Gasteiger partial charge in [0.05, 0.1) is 0 Å². The van der Waals surface area contributed by atoms with Gasteiger partial charge in [0.15, 0.2) is 0 Å². The maximum absolute atomic E-state index is 9.49. The Hall–Kier alpha value is -2.85. The highest BCUT2D eigenvalue weighted by Crippen LogP contribution is 2.23. The molecule has 0 aliphatic rings. The summed E-state index contributed by atoms with van der Waals surface area (Å²) in [6.07, 6.45) is 1.79. The molecule has 1 aromatic heterocycles. The fourth-order valence-corrected chi connectivity index (χ4v) is 3.70. The summed E-state index contributed by atoms with van der Waals surface area (Å²) in [5, 5.41) is 14.0. The van der Waals surface area contributed by atoms with Crippen LogP contribution in [0.4, 0.5) is 0 Å². The summed E-state index contributed by atoms with van der Waals surface area (Å²) < 4.78 is 0.960. The van der Waals surface area contributed by atoms with Gasteiger partial charge in [-0.15, -0.1) is 11.3 Å². The van der Waals surface area contributed by atoms with Gasteiger partial charge in [-0.2, -0.15) is 0 Å². The molecule has 0 amide bonds. The van der Waals surface area contributed by atoms with Gasteiger partial charge in [-0.25, -0.2) is 4.99 Å². The molecule has 1 atom stereocenters. The summed E-state index contributed by atoms with van der Waals surface area (Å²) in [4.78, 5) is 5.65. The zero-order valence-corrected chi connectivity index (χ0v) is 15.8. The fourth-order valence-electron chi connectivity index (χ4n) is 2.74. The molecule has 0 aliphatic heterocycles. The third-order valence-corrected chi connectivity index (χ3v) is 5.17. The normalized spacial score (nSPS) is 13.6. The number of nitrogens with zero attached hydrogens (tertiary/aromatic N) is 1. The van der Waals surface area contributed by atoms with Gasteiger partial charge >= 0.3 is 0 Å². The first-order chi connectivity index (χ1) is 12.6. The van der Waals surface area contributed by atoms with E-state index in [-0.39, 0.29) is 11.8 Å². The molecule has 132 valence electrons. The Morgan fingerprint density at radius 1 is 1.15 bits per heavy atom. The Morgan fingerprint density at radius 2 is 1.85 bits per heavy atom. The van der Waals surface area contributed by atoms with E-state index < -0.39 is 0 Å². The standard InChI is InChI=1S/C22H22N2OS/c1-4-23-22(24-15(2)17-8-6-5-7-9-17)20-14-21(26-16(20)3)18-10-12-19(25)13-11-18/h4-15,24-25H,3H2,1-2H3/b22-20+,23-4-/t15-/m1/s1.